The van der Waals surface area contributed by atoms with Crippen molar-refractivity contribution in [2.24, 2.45) is 5.92 Å². The van der Waals surface area contributed by atoms with E-state index in [1.807, 2.05) is 0 Å². The van der Waals surface area contributed by atoms with Crippen LogP contribution in [-0.4, -0.2) is 19.1 Å². The van der Waals surface area contributed by atoms with E-state index >= 15 is 0 Å². The third-order valence-corrected chi connectivity index (χ3v) is 3.97. The number of rotatable bonds is 5. The van der Waals surface area contributed by atoms with Crippen molar-refractivity contribution in [3.8, 4) is 0 Å². The predicted molar refractivity (Wildman–Crippen MR) is 83.6 cm³/mol. The Balaban J connectivity index is 2.14. The summed E-state index contributed by atoms with van der Waals surface area (Å²) in [6, 6.07) is 9.50. The Kier molecular flexibility index (Phi) is 5.26. The van der Waals surface area contributed by atoms with Crippen molar-refractivity contribution in [2.45, 2.75) is 52.6 Å². The maximum Gasteiger partial charge on any atom is 0.0412 e. The summed E-state index contributed by atoms with van der Waals surface area (Å²) in [7, 11) is 0. The molecule has 0 fully saturated rings. The second kappa shape index (κ2) is 6.95. The largest absolute Gasteiger partial charge is 0.370 e. The van der Waals surface area contributed by atoms with Gasteiger partial charge in [-0.25, -0.2) is 0 Å². The molecule has 19 heavy (non-hydrogen) atoms. The Morgan fingerprint density at radius 2 is 2.11 bits per heavy atom. The van der Waals surface area contributed by atoms with Crippen LogP contribution in [0.1, 0.15) is 45.6 Å². The highest BCUT2D eigenvalue weighted by atomic mass is 15.2. The molecule has 2 rings (SSSR count). The summed E-state index contributed by atoms with van der Waals surface area (Å²) in [4.78, 5) is 2.59. The molecule has 1 N–H and O–H groups in total. The summed E-state index contributed by atoms with van der Waals surface area (Å²) < 4.78 is 0. The van der Waals surface area contributed by atoms with Crippen molar-refractivity contribution in [3.05, 3.63) is 29.8 Å². The fourth-order valence-electron chi connectivity index (χ4n) is 2.82. The van der Waals surface area contributed by atoms with Crippen molar-refractivity contribution in [2.75, 3.05) is 18.0 Å². The van der Waals surface area contributed by atoms with Crippen LogP contribution in [0.2, 0.25) is 0 Å². The van der Waals surface area contributed by atoms with Crippen molar-refractivity contribution in [3.63, 3.8) is 0 Å². The number of anilines is 1. The first kappa shape index (κ1) is 14.4. The van der Waals surface area contributed by atoms with Crippen LogP contribution in [-0.2, 0) is 6.54 Å². The molecule has 0 saturated heterocycles. The van der Waals surface area contributed by atoms with Gasteiger partial charge in [0.25, 0.3) is 0 Å². The molecule has 0 bridgehead atoms. The quantitative estimate of drug-likeness (QED) is 0.866. The van der Waals surface area contributed by atoms with Gasteiger partial charge in [-0.2, -0.15) is 0 Å². The molecule has 2 heteroatoms. The van der Waals surface area contributed by atoms with E-state index in [0.29, 0.717) is 6.04 Å². The topological polar surface area (TPSA) is 15.3 Å². The average Bonchev–Trinajstić information content (AvgIpc) is 2.57. The third kappa shape index (κ3) is 3.97. The monoisotopic (exact) mass is 260 g/mol. The zero-order valence-corrected chi connectivity index (χ0v) is 12.7. The lowest BCUT2D eigenvalue weighted by Crippen LogP contribution is -2.38. The van der Waals surface area contributed by atoms with Crippen LogP contribution in [0.3, 0.4) is 0 Å². The molecular weight excluding hydrogens is 232 g/mol. The fourth-order valence-corrected chi connectivity index (χ4v) is 2.82. The van der Waals surface area contributed by atoms with Crippen LogP contribution >= 0.6 is 0 Å². The van der Waals surface area contributed by atoms with E-state index in [9.17, 15) is 0 Å². The zero-order chi connectivity index (χ0) is 13.7. The Bertz CT molecular complexity index is 387. The first-order chi connectivity index (χ1) is 9.20. The number of fused-ring (bicyclic) bond motifs is 1. The zero-order valence-electron chi connectivity index (χ0n) is 12.7. The van der Waals surface area contributed by atoms with Crippen LogP contribution in [0.4, 0.5) is 5.69 Å². The van der Waals surface area contributed by atoms with Gasteiger partial charge in [0.2, 0.25) is 0 Å². The number of benzene rings is 1. The molecule has 0 aliphatic carbocycles. The summed E-state index contributed by atoms with van der Waals surface area (Å²) >= 11 is 0. The van der Waals surface area contributed by atoms with E-state index in [2.05, 4.69) is 55.3 Å². The van der Waals surface area contributed by atoms with E-state index in [-0.39, 0.29) is 0 Å². The van der Waals surface area contributed by atoms with Crippen LogP contribution in [0.5, 0.6) is 0 Å². The molecule has 1 aliphatic rings. The normalized spacial score (nSPS) is 19.4. The van der Waals surface area contributed by atoms with Crippen molar-refractivity contribution in [1.82, 2.24) is 5.32 Å². The Hall–Kier alpha value is -1.02. The van der Waals surface area contributed by atoms with Gasteiger partial charge in [0.1, 0.15) is 0 Å². The standard InChI is InChI=1S/C17H28N2/c1-4-7-16-13-19(11-10-14(2)3)17-9-6-5-8-15(17)12-18-16/h5-6,8-9,14,16,18H,4,7,10-13H2,1-3H3. The van der Waals surface area contributed by atoms with E-state index < -0.39 is 0 Å². The smallest absolute Gasteiger partial charge is 0.0412 e. The molecule has 1 atom stereocenters. The highest BCUT2D eigenvalue weighted by Crippen LogP contribution is 2.24. The van der Waals surface area contributed by atoms with Crippen LogP contribution < -0.4 is 10.2 Å². The molecule has 1 aliphatic heterocycles. The summed E-state index contributed by atoms with van der Waals surface area (Å²) in [6.07, 6.45) is 3.80. The third-order valence-electron chi connectivity index (χ3n) is 3.97. The van der Waals surface area contributed by atoms with Gasteiger partial charge in [-0.05, 0) is 30.4 Å². The summed E-state index contributed by atoms with van der Waals surface area (Å²) in [5.74, 6) is 0.771. The molecule has 1 aromatic rings. The molecule has 1 aromatic carbocycles. The maximum absolute atomic E-state index is 3.71. The highest BCUT2D eigenvalue weighted by molar-refractivity contribution is 5.54. The van der Waals surface area contributed by atoms with Crippen molar-refractivity contribution < 1.29 is 0 Å². The van der Waals surface area contributed by atoms with Gasteiger partial charge in [-0.15, -0.1) is 0 Å². The number of nitrogens with zero attached hydrogens (tertiary/aromatic N) is 1. The van der Waals surface area contributed by atoms with Gasteiger partial charge < -0.3 is 10.2 Å². The lowest BCUT2D eigenvalue weighted by Gasteiger charge is -2.28. The maximum atomic E-state index is 3.71. The first-order valence-corrected chi connectivity index (χ1v) is 7.77. The van der Waals surface area contributed by atoms with Gasteiger partial charge in [0.15, 0.2) is 0 Å². The van der Waals surface area contributed by atoms with E-state index in [0.717, 1.165) is 19.0 Å². The number of para-hydroxylation sites is 1. The molecular formula is C17H28N2. The fraction of sp³-hybridized carbons (Fsp3) is 0.647. The average molecular weight is 260 g/mol. The highest BCUT2D eigenvalue weighted by Gasteiger charge is 2.20. The van der Waals surface area contributed by atoms with Crippen molar-refractivity contribution >= 4 is 5.69 Å². The lowest BCUT2D eigenvalue weighted by atomic mass is 10.1. The number of nitrogens with one attached hydrogen (secondary N) is 1. The van der Waals surface area contributed by atoms with Crippen LogP contribution in [0.15, 0.2) is 24.3 Å². The minimum atomic E-state index is 0.629. The predicted octanol–water partition coefficient (Wildman–Crippen LogP) is 3.81. The van der Waals surface area contributed by atoms with Gasteiger partial charge in [0.05, 0.1) is 0 Å². The van der Waals surface area contributed by atoms with Gasteiger partial charge in [-0.3, -0.25) is 0 Å². The lowest BCUT2D eigenvalue weighted by molar-refractivity contribution is 0.471. The molecule has 2 nitrogen and oxygen atoms in total. The number of hydrogen-bond acceptors (Lipinski definition) is 2. The molecule has 1 unspecified atom stereocenters. The Morgan fingerprint density at radius 1 is 1.32 bits per heavy atom. The number of hydrogen-bond donors (Lipinski definition) is 1. The first-order valence-electron chi connectivity index (χ1n) is 7.77. The second-order valence-electron chi connectivity index (χ2n) is 6.12. The minimum Gasteiger partial charge on any atom is -0.370 e. The Labute approximate surface area is 118 Å². The molecule has 0 aromatic heterocycles. The van der Waals surface area contributed by atoms with Crippen LogP contribution in [0.25, 0.3) is 0 Å². The van der Waals surface area contributed by atoms with Gasteiger partial charge >= 0.3 is 0 Å². The molecule has 0 spiro atoms. The minimum absolute atomic E-state index is 0.629. The second-order valence-corrected chi connectivity index (χ2v) is 6.12. The summed E-state index contributed by atoms with van der Waals surface area (Å²) in [5.41, 5.74) is 2.89. The van der Waals surface area contributed by atoms with Gasteiger partial charge in [-0.1, -0.05) is 45.4 Å². The summed E-state index contributed by atoms with van der Waals surface area (Å²) in [6.45, 7) is 10.2. The SMILES string of the molecule is CCCC1CN(CCC(C)C)c2ccccc2CN1. The van der Waals surface area contributed by atoms with E-state index in [1.54, 1.807) is 0 Å². The summed E-state index contributed by atoms with van der Waals surface area (Å²) in [5, 5.41) is 3.71. The van der Waals surface area contributed by atoms with Crippen molar-refractivity contribution in [1.29, 1.82) is 0 Å². The van der Waals surface area contributed by atoms with Crippen LogP contribution in [0, 0.1) is 5.92 Å². The van der Waals surface area contributed by atoms with E-state index in [1.165, 1.54) is 37.1 Å². The van der Waals surface area contributed by atoms with Gasteiger partial charge in [0, 0.05) is 31.4 Å². The molecule has 1 heterocycles. The molecule has 106 valence electrons. The molecule has 0 saturated carbocycles. The molecule has 0 radical (unpaired) electrons. The van der Waals surface area contributed by atoms with E-state index in [4.69, 9.17) is 0 Å². The Morgan fingerprint density at radius 3 is 2.84 bits per heavy atom. The molecule has 0 amide bonds.